The number of carbonyl (C=O) groups is 2. The second-order valence-corrected chi connectivity index (χ2v) is 6.53. The molecule has 0 N–H and O–H groups in total. The Morgan fingerprint density at radius 1 is 1.17 bits per heavy atom. The molecule has 1 aliphatic rings. The molecule has 2 aromatic rings. The Hall–Kier alpha value is -3.03. The molecule has 29 heavy (non-hydrogen) atoms. The first kappa shape index (κ1) is 20.7. The molecule has 0 bridgehead atoms. The lowest BCUT2D eigenvalue weighted by Gasteiger charge is -2.12. The Morgan fingerprint density at radius 2 is 1.93 bits per heavy atom. The minimum Gasteiger partial charge on any atom is -0.493 e. The Balaban J connectivity index is 1.91. The maximum atomic E-state index is 12.2. The Morgan fingerprint density at radius 3 is 2.62 bits per heavy atom. The molecule has 7 nitrogen and oxygen atoms in total. The lowest BCUT2D eigenvalue weighted by atomic mass is 10.1. The maximum Gasteiger partial charge on any atom is 0.363 e. The number of rotatable bonds is 6. The predicted molar refractivity (Wildman–Crippen MR) is 108 cm³/mol. The van der Waals surface area contributed by atoms with Gasteiger partial charge in [0.25, 0.3) is 0 Å². The number of nitrogens with zero attached hydrogens (tertiary/aromatic N) is 1. The standard InChI is InChI=1S/C20H15Cl2NO6/c1-26-16-9-11(7-14(22)18(16)28-10-17(24)27-2)8-15-20(25)29-19(23-15)12-5-3-4-6-13(12)21/h3-9H,10H2,1-2H3. The van der Waals surface area contributed by atoms with Gasteiger partial charge < -0.3 is 18.9 Å². The van der Waals surface area contributed by atoms with E-state index in [1.807, 2.05) is 0 Å². The second kappa shape index (κ2) is 8.98. The number of ether oxygens (including phenoxy) is 4. The van der Waals surface area contributed by atoms with Crippen molar-refractivity contribution in [3.8, 4) is 11.5 Å². The summed E-state index contributed by atoms with van der Waals surface area (Å²) in [5.41, 5.74) is 1.10. The highest BCUT2D eigenvalue weighted by Crippen LogP contribution is 2.37. The van der Waals surface area contributed by atoms with Crippen molar-refractivity contribution in [3.05, 3.63) is 63.3 Å². The van der Waals surface area contributed by atoms with E-state index >= 15 is 0 Å². The van der Waals surface area contributed by atoms with Gasteiger partial charge >= 0.3 is 11.9 Å². The maximum absolute atomic E-state index is 12.2. The van der Waals surface area contributed by atoms with Crippen LogP contribution in [0.15, 0.2) is 47.1 Å². The van der Waals surface area contributed by atoms with E-state index in [9.17, 15) is 9.59 Å². The summed E-state index contributed by atoms with van der Waals surface area (Å²) >= 11 is 12.4. The third kappa shape index (κ3) is 4.70. The van der Waals surface area contributed by atoms with Gasteiger partial charge in [-0.2, -0.15) is 0 Å². The number of benzene rings is 2. The van der Waals surface area contributed by atoms with E-state index in [1.165, 1.54) is 20.3 Å². The van der Waals surface area contributed by atoms with E-state index in [4.69, 9.17) is 37.4 Å². The molecule has 0 aliphatic carbocycles. The van der Waals surface area contributed by atoms with Crippen molar-refractivity contribution >= 4 is 47.1 Å². The fourth-order valence-corrected chi connectivity index (χ4v) is 2.96. The van der Waals surface area contributed by atoms with Crippen molar-refractivity contribution in [1.82, 2.24) is 0 Å². The van der Waals surface area contributed by atoms with Crippen LogP contribution in [0.25, 0.3) is 6.08 Å². The first-order valence-corrected chi connectivity index (χ1v) is 9.03. The second-order valence-electron chi connectivity index (χ2n) is 5.71. The molecule has 0 spiro atoms. The van der Waals surface area contributed by atoms with Gasteiger partial charge in [0.05, 0.1) is 29.8 Å². The molecule has 0 unspecified atom stereocenters. The van der Waals surface area contributed by atoms with Crippen molar-refractivity contribution in [2.24, 2.45) is 4.99 Å². The van der Waals surface area contributed by atoms with E-state index in [0.717, 1.165) is 0 Å². The Labute approximate surface area is 176 Å². The molecule has 0 atom stereocenters. The molecule has 0 amide bonds. The van der Waals surface area contributed by atoms with Gasteiger partial charge in [-0.1, -0.05) is 35.3 Å². The van der Waals surface area contributed by atoms with Gasteiger partial charge in [0.1, 0.15) is 0 Å². The van der Waals surface area contributed by atoms with E-state index in [0.29, 0.717) is 16.1 Å². The molecule has 0 aromatic heterocycles. The van der Waals surface area contributed by atoms with E-state index in [1.54, 1.807) is 36.4 Å². The third-order valence-corrected chi connectivity index (χ3v) is 4.45. The quantitative estimate of drug-likeness (QED) is 0.505. The van der Waals surface area contributed by atoms with Crippen LogP contribution in [-0.2, 0) is 19.1 Å². The van der Waals surface area contributed by atoms with Gasteiger partial charge in [0, 0.05) is 0 Å². The first-order chi connectivity index (χ1) is 13.9. The molecular weight excluding hydrogens is 421 g/mol. The summed E-state index contributed by atoms with van der Waals surface area (Å²) in [4.78, 5) is 27.7. The highest BCUT2D eigenvalue weighted by molar-refractivity contribution is 6.34. The van der Waals surface area contributed by atoms with Crippen molar-refractivity contribution < 1.29 is 28.5 Å². The topological polar surface area (TPSA) is 83.4 Å². The van der Waals surface area contributed by atoms with Crippen molar-refractivity contribution in [3.63, 3.8) is 0 Å². The van der Waals surface area contributed by atoms with Crippen molar-refractivity contribution in [1.29, 1.82) is 0 Å². The average Bonchev–Trinajstić information content (AvgIpc) is 3.06. The van der Waals surface area contributed by atoms with Crippen LogP contribution in [0.5, 0.6) is 11.5 Å². The Kier molecular flexibility index (Phi) is 6.41. The summed E-state index contributed by atoms with van der Waals surface area (Å²) in [6.07, 6.45) is 1.49. The van der Waals surface area contributed by atoms with E-state index in [2.05, 4.69) is 9.73 Å². The molecule has 0 saturated carbocycles. The summed E-state index contributed by atoms with van der Waals surface area (Å²) in [5.74, 6) is -0.626. The van der Waals surface area contributed by atoms with Gasteiger partial charge in [-0.15, -0.1) is 0 Å². The summed E-state index contributed by atoms with van der Waals surface area (Å²) in [5, 5.41) is 0.596. The summed E-state index contributed by atoms with van der Waals surface area (Å²) in [6, 6.07) is 10.0. The van der Waals surface area contributed by atoms with Crippen LogP contribution in [-0.4, -0.2) is 38.7 Å². The number of hydrogen-bond donors (Lipinski definition) is 0. The highest BCUT2D eigenvalue weighted by atomic mass is 35.5. The van der Waals surface area contributed by atoms with Gasteiger partial charge in [-0.05, 0) is 35.9 Å². The normalized spacial score (nSPS) is 14.4. The van der Waals surface area contributed by atoms with Crippen molar-refractivity contribution in [2.45, 2.75) is 0 Å². The smallest absolute Gasteiger partial charge is 0.363 e. The zero-order valence-electron chi connectivity index (χ0n) is 15.4. The van der Waals surface area contributed by atoms with Crippen LogP contribution in [0.4, 0.5) is 0 Å². The van der Waals surface area contributed by atoms with E-state index in [-0.39, 0.29) is 34.7 Å². The molecule has 0 radical (unpaired) electrons. The van der Waals surface area contributed by atoms with Gasteiger partial charge in [-0.3, -0.25) is 0 Å². The molecule has 3 rings (SSSR count). The van der Waals surface area contributed by atoms with Crippen LogP contribution < -0.4 is 9.47 Å². The lowest BCUT2D eigenvalue weighted by molar-refractivity contribution is -0.143. The van der Waals surface area contributed by atoms with Gasteiger partial charge in [-0.25, -0.2) is 14.6 Å². The van der Waals surface area contributed by atoms with Gasteiger partial charge in [0.2, 0.25) is 5.90 Å². The number of halogens is 2. The molecular formula is C20H15Cl2NO6. The summed E-state index contributed by atoms with van der Waals surface area (Å²) in [6.45, 7) is -0.329. The predicted octanol–water partition coefficient (Wildman–Crippen LogP) is 3.90. The van der Waals surface area contributed by atoms with Crippen LogP contribution in [0.3, 0.4) is 0 Å². The fourth-order valence-electron chi connectivity index (χ4n) is 2.47. The number of carbonyl (C=O) groups excluding carboxylic acids is 2. The first-order valence-electron chi connectivity index (χ1n) is 8.27. The number of methoxy groups -OCH3 is 2. The van der Waals surface area contributed by atoms with Gasteiger partial charge in [0.15, 0.2) is 23.8 Å². The zero-order chi connectivity index (χ0) is 21.0. The molecule has 0 fully saturated rings. The van der Waals surface area contributed by atoms with Crippen LogP contribution in [0.1, 0.15) is 11.1 Å². The lowest BCUT2D eigenvalue weighted by Crippen LogP contribution is -2.13. The monoisotopic (exact) mass is 435 g/mol. The zero-order valence-corrected chi connectivity index (χ0v) is 16.9. The molecule has 150 valence electrons. The third-order valence-electron chi connectivity index (χ3n) is 3.84. The largest absolute Gasteiger partial charge is 0.493 e. The molecule has 2 aromatic carbocycles. The molecule has 1 aliphatic heterocycles. The molecule has 1 heterocycles. The SMILES string of the molecule is COC(=O)COc1c(Cl)cc(C=C2N=C(c3ccccc3Cl)OC2=O)cc1OC. The molecule has 0 saturated heterocycles. The molecule has 9 heteroatoms. The van der Waals surface area contributed by atoms with Crippen LogP contribution in [0.2, 0.25) is 10.0 Å². The van der Waals surface area contributed by atoms with Crippen LogP contribution >= 0.6 is 23.2 Å². The van der Waals surface area contributed by atoms with E-state index < -0.39 is 11.9 Å². The Bertz CT molecular complexity index is 1030. The number of esters is 2. The minimum atomic E-state index is -0.624. The summed E-state index contributed by atoms with van der Waals surface area (Å²) in [7, 11) is 2.67. The number of cyclic esters (lactones) is 1. The number of aliphatic imine (C=N–C) groups is 1. The van der Waals surface area contributed by atoms with Crippen molar-refractivity contribution in [2.75, 3.05) is 20.8 Å². The highest BCUT2D eigenvalue weighted by Gasteiger charge is 2.25. The fraction of sp³-hybridized carbons (Fsp3) is 0.150. The number of hydrogen-bond acceptors (Lipinski definition) is 7. The summed E-state index contributed by atoms with van der Waals surface area (Å²) < 4.78 is 20.4. The minimum absolute atomic E-state index is 0.0706. The average molecular weight is 436 g/mol. The van der Waals surface area contributed by atoms with Crippen LogP contribution in [0, 0.1) is 0 Å².